The number of oxime groups is 2. The summed E-state index contributed by atoms with van der Waals surface area (Å²) < 4.78 is 0. The summed E-state index contributed by atoms with van der Waals surface area (Å²) in [6.45, 7) is 17.5. The molecule has 33 heavy (non-hydrogen) atoms. The second-order valence-corrected chi connectivity index (χ2v) is 9.90. The third kappa shape index (κ3) is 3.31. The van der Waals surface area contributed by atoms with Crippen molar-refractivity contribution >= 4 is 11.7 Å². The van der Waals surface area contributed by atoms with E-state index < -0.39 is 5.72 Å². The molecule has 2 bridgehead atoms. The van der Waals surface area contributed by atoms with Gasteiger partial charge in [-0.2, -0.15) is 0 Å². The minimum absolute atomic E-state index is 0.146. The van der Waals surface area contributed by atoms with Gasteiger partial charge in [0.05, 0.1) is 6.54 Å². The Balaban J connectivity index is 1.71. The van der Waals surface area contributed by atoms with E-state index in [1.54, 1.807) is 0 Å². The Morgan fingerprint density at radius 3 is 1.85 bits per heavy atom. The quantitative estimate of drug-likeness (QED) is 0.599. The number of hydrogen-bond acceptors (Lipinski definition) is 6. The molecule has 0 spiro atoms. The zero-order valence-electron chi connectivity index (χ0n) is 20.8. The molecule has 0 N–H and O–H groups in total. The van der Waals surface area contributed by atoms with Gasteiger partial charge in [-0.1, -0.05) is 45.7 Å². The van der Waals surface area contributed by atoms with Gasteiger partial charge in [0, 0.05) is 18.1 Å². The average molecular weight is 445 g/mol. The van der Waals surface area contributed by atoms with E-state index in [0.29, 0.717) is 6.54 Å². The van der Waals surface area contributed by atoms with Crippen LogP contribution in [0.2, 0.25) is 0 Å². The lowest BCUT2D eigenvalue weighted by atomic mass is 9.97. The third-order valence-corrected chi connectivity index (χ3v) is 6.83. The molecule has 6 heteroatoms. The molecule has 0 aromatic heterocycles. The molecule has 0 saturated carbocycles. The van der Waals surface area contributed by atoms with Crippen molar-refractivity contribution in [2.45, 2.75) is 67.2 Å². The van der Waals surface area contributed by atoms with E-state index in [2.05, 4.69) is 106 Å². The van der Waals surface area contributed by atoms with Gasteiger partial charge >= 0.3 is 0 Å². The molecule has 3 aliphatic heterocycles. The monoisotopic (exact) mass is 444 g/mol. The van der Waals surface area contributed by atoms with Crippen LogP contribution in [0.25, 0.3) is 0 Å². The number of rotatable bonds is 2. The van der Waals surface area contributed by atoms with Gasteiger partial charge in [-0.25, -0.2) is 5.01 Å². The molecule has 2 unspecified atom stereocenters. The normalized spacial score (nSPS) is 23.8. The smallest absolute Gasteiger partial charge is 0.245 e. The summed E-state index contributed by atoms with van der Waals surface area (Å²) in [7, 11) is 0. The number of amidine groups is 2. The molecule has 2 aromatic carbocycles. The van der Waals surface area contributed by atoms with Gasteiger partial charge in [0.25, 0.3) is 0 Å². The van der Waals surface area contributed by atoms with Gasteiger partial charge in [0.15, 0.2) is 17.8 Å². The predicted octanol–water partition coefficient (Wildman–Crippen LogP) is 5.18. The number of hydrazine groups is 1. The summed E-state index contributed by atoms with van der Waals surface area (Å²) >= 11 is 0. The largest absolute Gasteiger partial charge is 0.384 e. The second kappa shape index (κ2) is 7.37. The average Bonchev–Trinajstić information content (AvgIpc) is 2.99. The summed E-state index contributed by atoms with van der Waals surface area (Å²) in [6, 6.07) is 8.79. The van der Waals surface area contributed by atoms with Gasteiger partial charge in [0.2, 0.25) is 5.72 Å². The molecule has 172 valence electrons. The fourth-order valence-corrected chi connectivity index (χ4v) is 5.61. The Kier molecular flexibility index (Phi) is 4.82. The first-order valence-corrected chi connectivity index (χ1v) is 11.5. The molecule has 2 atom stereocenters. The van der Waals surface area contributed by atoms with Crippen molar-refractivity contribution in [3.63, 3.8) is 0 Å². The minimum Gasteiger partial charge on any atom is -0.384 e. The van der Waals surface area contributed by atoms with Crippen molar-refractivity contribution in [3.05, 3.63) is 80.4 Å². The van der Waals surface area contributed by atoms with E-state index in [1.807, 2.05) is 0 Å². The molecule has 3 aliphatic rings. The lowest BCUT2D eigenvalue weighted by Gasteiger charge is -2.43. The van der Waals surface area contributed by atoms with Crippen LogP contribution >= 0.6 is 0 Å². The van der Waals surface area contributed by atoms with Gasteiger partial charge < -0.3 is 9.68 Å². The van der Waals surface area contributed by atoms with Crippen LogP contribution in [-0.2, 0) is 9.68 Å². The zero-order chi connectivity index (χ0) is 23.7. The van der Waals surface area contributed by atoms with E-state index in [0.717, 1.165) is 28.4 Å². The van der Waals surface area contributed by atoms with E-state index in [1.165, 1.54) is 33.4 Å². The molecule has 2 aromatic rings. The van der Waals surface area contributed by atoms with Crippen molar-refractivity contribution in [1.29, 1.82) is 0 Å². The summed E-state index contributed by atoms with van der Waals surface area (Å²) in [4.78, 5) is 12.2. The maximum absolute atomic E-state index is 6.16. The lowest BCUT2D eigenvalue weighted by molar-refractivity contribution is -0.115. The Morgan fingerprint density at radius 1 is 0.788 bits per heavy atom. The van der Waals surface area contributed by atoms with E-state index in [-0.39, 0.29) is 6.10 Å². The van der Waals surface area contributed by atoms with Crippen LogP contribution < -0.4 is 0 Å². The number of aryl methyl sites for hydroxylation is 6. The molecular formula is C27H32N4O2. The van der Waals surface area contributed by atoms with Crippen LogP contribution in [0, 0.1) is 41.5 Å². The maximum Gasteiger partial charge on any atom is 0.245 e. The van der Waals surface area contributed by atoms with E-state index in [9.17, 15) is 0 Å². The Hall–Kier alpha value is -3.28. The van der Waals surface area contributed by atoms with Crippen LogP contribution in [0.4, 0.5) is 0 Å². The van der Waals surface area contributed by atoms with Gasteiger partial charge in [-0.3, -0.25) is 5.01 Å². The van der Waals surface area contributed by atoms with Crippen molar-refractivity contribution in [2.24, 2.45) is 10.3 Å². The Labute approximate surface area is 196 Å². The number of nitrogens with zero attached hydrogens (tertiary/aromatic N) is 4. The maximum atomic E-state index is 6.16. The first-order valence-electron chi connectivity index (χ1n) is 11.5. The van der Waals surface area contributed by atoms with Gasteiger partial charge in [0.1, 0.15) is 0 Å². The molecule has 3 heterocycles. The number of benzene rings is 2. The highest BCUT2D eigenvalue weighted by atomic mass is 16.7. The lowest BCUT2D eigenvalue weighted by Crippen LogP contribution is -2.59. The Morgan fingerprint density at radius 2 is 1.30 bits per heavy atom. The topological polar surface area (TPSA) is 49.7 Å². The summed E-state index contributed by atoms with van der Waals surface area (Å²) in [6.07, 6.45) is 1.97. The molecule has 0 fully saturated rings. The summed E-state index contributed by atoms with van der Waals surface area (Å²) in [5.41, 5.74) is 9.65. The fraction of sp³-hybridized carbons (Fsp3) is 0.407. The first-order chi connectivity index (χ1) is 15.6. The fourth-order valence-electron chi connectivity index (χ4n) is 5.61. The van der Waals surface area contributed by atoms with E-state index >= 15 is 0 Å². The third-order valence-electron chi connectivity index (χ3n) is 6.83. The van der Waals surface area contributed by atoms with Crippen LogP contribution in [0.3, 0.4) is 0 Å². The van der Waals surface area contributed by atoms with Crippen LogP contribution in [0.1, 0.15) is 58.4 Å². The van der Waals surface area contributed by atoms with Crippen LogP contribution in [0.5, 0.6) is 0 Å². The molecule has 0 amide bonds. The first kappa shape index (κ1) is 21.6. The van der Waals surface area contributed by atoms with Crippen LogP contribution in [-0.4, -0.2) is 40.1 Å². The van der Waals surface area contributed by atoms with Gasteiger partial charge in [-0.05, 0) is 82.4 Å². The second-order valence-electron chi connectivity index (χ2n) is 9.90. The Bertz CT molecular complexity index is 1210. The molecular weight excluding hydrogens is 412 g/mol. The molecule has 0 aliphatic carbocycles. The highest BCUT2D eigenvalue weighted by Gasteiger charge is 2.51. The molecule has 0 radical (unpaired) electrons. The van der Waals surface area contributed by atoms with Crippen molar-refractivity contribution < 1.29 is 9.68 Å². The summed E-state index contributed by atoms with van der Waals surface area (Å²) in [5.74, 6) is 1.59. The molecule has 0 saturated heterocycles. The highest BCUT2D eigenvalue weighted by Crippen LogP contribution is 2.39. The minimum atomic E-state index is -0.779. The predicted molar refractivity (Wildman–Crippen MR) is 131 cm³/mol. The molecule has 5 rings (SSSR count). The zero-order valence-corrected chi connectivity index (χ0v) is 20.8. The summed E-state index contributed by atoms with van der Waals surface area (Å²) in [5, 5.41) is 13.7. The standard InChI is InChI=1S/C27H32N4O2/c1-15-9-17(3)23(18(4)10-15)25-28-32-22-14-30(25)31-26(29-33-27(31,8)13-21(22)7)24-19(5)11-16(2)12-20(24)6/h9-13,22H,14H2,1-8H3. The SMILES string of the molecule is CC1=CC2(C)ON=C(c3c(C)cc(C)cc3C)N2N2CC1ON=C2c1c(C)cc(C)cc1C. The van der Waals surface area contributed by atoms with Gasteiger partial charge in [-0.15, -0.1) is 0 Å². The molecule has 6 nitrogen and oxygen atoms in total. The van der Waals surface area contributed by atoms with Crippen molar-refractivity contribution in [3.8, 4) is 0 Å². The van der Waals surface area contributed by atoms with Crippen molar-refractivity contribution in [2.75, 3.05) is 6.54 Å². The van der Waals surface area contributed by atoms with Crippen molar-refractivity contribution in [1.82, 2.24) is 10.0 Å². The number of hydrogen-bond donors (Lipinski definition) is 0. The number of fused-ring (bicyclic) bond motifs is 4. The highest BCUT2D eigenvalue weighted by molar-refractivity contribution is 6.06. The van der Waals surface area contributed by atoms with Crippen LogP contribution in [0.15, 0.2) is 46.2 Å². The van der Waals surface area contributed by atoms with E-state index in [4.69, 9.17) is 9.68 Å².